The topological polar surface area (TPSA) is 49.4 Å². The summed E-state index contributed by atoms with van der Waals surface area (Å²) >= 11 is 11.9. The van der Waals surface area contributed by atoms with Crippen molar-refractivity contribution in [1.82, 2.24) is 4.90 Å². The Kier molecular flexibility index (Phi) is 4.55. The first-order valence-corrected chi connectivity index (χ1v) is 7.14. The first-order chi connectivity index (χ1) is 9.40. The summed E-state index contributed by atoms with van der Waals surface area (Å²) in [5.74, 6) is 0.185. The maximum atomic E-state index is 11.9. The maximum absolute atomic E-state index is 11.9. The summed E-state index contributed by atoms with van der Waals surface area (Å²) < 4.78 is 0. The first kappa shape index (κ1) is 15.1. The minimum atomic E-state index is -0.316. The van der Waals surface area contributed by atoms with Crippen LogP contribution in [0.15, 0.2) is 18.2 Å². The highest BCUT2D eigenvalue weighted by Gasteiger charge is 2.40. The van der Waals surface area contributed by atoms with Crippen molar-refractivity contribution in [2.45, 2.75) is 13.3 Å². The molecule has 1 fully saturated rings. The number of para-hydroxylation sites is 1. The molecule has 1 aliphatic carbocycles. The van der Waals surface area contributed by atoms with E-state index in [4.69, 9.17) is 23.2 Å². The van der Waals surface area contributed by atoms with E-state index in [0.717, 1.165) is 6.42 Å². The lowest BCUT2D eigenvalue weighted by Crippen LogP contribution is -2.36. The Balaban J connectivity index is 1.94. The molecule has 0 spiro atoms. The number of nitrogens with one attached hydrogen (secondary N) is 1. The fraction of sp³-hybridized carbons (Fsp3) is 0.429. The van der Waals surface area contributed by atoms with E-state index in [0.29, 0.717) is 21.7 Å². The second-order valence-electron chi connectivity index (χ2n) is 5.16. The van der Waals surface area contributed by atoms with Gasteiger partial charge < -0.3 is 10.2 Å². The van der Waals surface area contributed by atoms with E-state index >= 15 is 0 Å². The number of hydrogen-bond donors (Lipinski definition) is 1. The standard InChI is InChI=1S/C14H16Cl2N2O2/c1-8-6-9(8)14(20)18(2)7-12(19)17-13-10(15)4-3-5-11(13)16/h3-5,8-9H,6-7H2,1-2H3,(H,17,19)/t8-,9-/m1/s1. The Labute approximate surface area is 128 Å². The highest BCUT2D eigenvalue weighted by atomic mass is 35.5. The molecule has 2 atom stereocenters. The maximum Gasteiger partial charge on any atom is 0.244 e. The first-order valence-electron chi connectivity index (χ1n) is 6.39. The third kappa shape index (κ3) is 3.44. The molecule has 1 aliphatic rings. The molecule has 6 heteroatoms. The van der Waals surface area contributed by atoms with Crippen LogP contribution in [-0.4, -0.2) is 30.3 Å². The van der Waals surface area contributed by atoms with Gasteiger partial charge in [0.2, 0.25) is 11.8 Å². The fourth-order valence-electron chi connectivity index (χ4n) is 2.04. The average Bonchev–Trinajstić information content (AvgIpc) is 3.10. The molecule has 0 unspecified atom stereocenters. The van der Waals surface area contributed by atoms with Crippen LogP contribution in [-0.2, 0) is 9.59 Å². The summed E-state index contributed by atoms with van der Waals surface area (Å²) in [5.41, 5.74) is 0.376. The second kappa shape index (κ2) is 6.02. The van der Waals surface area contributed by atoms with Crippen LogP contribution in [0.2, 0.25) is 10.0 Å². The Morgan fingerprint density at radius 1 is 1.35 bits per heavy atom. The van der Waals surface area contributed by atoms with Crippen LogP contribution in [0.1, 0.15) is 13.3 Å². The van der Waals surface area contributed by atoms with Crippen molar-refractivity contribution in [1.29, 1.82) is 0 Å². The number of benzene rings is 1. The highest BCUT2D eigenvalue weighted by molar-refractivity contribution is 6.39. The summed E-state index contributed by atoms with van der Waals surface area (Å²) in [4.78, 5) is 25.3. The van der Waals surface area contributed by atoms with E-state index in [1.165, 1.54) is 4.90 Å². The third-order valence-corrected chi connectivity index (χ3v) is 4.04. The van der Waals surface area contributed by atoms with Crippen molar-refractivity contribution in [2.75, 3.05) is 18.9 Å². The molecule has 1 N–H and O–H groups in total. The van der Waals surface area contributed by atoms with Crippen LogP contribution < -0.4 is 5.32 Å². The molecule has 0 aromatic heterocycles. The van der Waals surface area contributed by atoms with Crippen molar-refractivity contribution in [3.8, 4) is 0 Å². The number of carbonyl (C=O) groups is 2. The van der Waals surface area contributed by atoms with Crippen molar-refractivity contribution in [3.63, 3.8) is 0 Å². The Bertz CT molecular complexity index is 528. The molecule has 4 nitrogen and oxygen atoms in total. The van der Waals surface area contributed by atoms with E-state index in [2.05, 4.69) is 5.32 Å². The molecule has 0 radical (unpaired) electrons. The number of hydrogen-bond acceptors (Lipinski definition) is 2. The largest absolute Gasteiger partial charge is 0.336 e. The molecule has 1 saturated carbocycles. The monoisotopic (exact) mass is 314 g/mol. The normalized spacial score (nSPS) is 20.4. The molecule has 2 rings (SSSR count). The molecule has 108 valence electrons. The minimum absolute atomic E-state index is 0.0103. The number of halogens is 2. The highest BCUT2D eigenvalue weighted by Crippen LogP contribution is 2.38. The van der Waals surface area contributed by atoms with Gasteiger partial charge in [-0.05, 0) is 24.5 Å². The zero-order valence-corrected chi connectivity index (χ0v) is 12.8. The zero-order chi connectivity index (χ0) is 14.9. The Hall–Kier alpha value is -1.26. The quantitative estimate of drug-likeness (QED) is 0.928. The lowest BCUT2D eigenvalue weighted by Gasteiger charge is -2.17. The number of amides is 2. The van der Waals surface area contributed by atoms with E-state index in [1.807, 2.05) is 6.92 Å². The molecular formula is C14H16Cl2N2O2. The van der Waals surface area contributed by atoms with Crippen molar-refractivity contribution in [2.24, 2.45) is 11.8 Å². The minimum Gasteiger partial charge on any atom is -0.336 e. The molecular weight excluding hydrogens is 299 g/mol. The number of likely N-dealkylation sites (N-methyl/N-ethyl adjacent to an activating group) is 1. The van der Waals surface area contributed by atoms with E-state index in [1.54, 1.807) is 25.2 Å². The van der Waals surface area contributed by atoms with E-state index < -0.39 is 0 Å². The number of nitrogens with zero attached hydrogens (tertiary/aromatic N) is 1. The third-order valence-electron chi connectivity index (χ3n) is 3.41. The van der Waals surface area contributed by atoms with Crippen LogP contribution in [0.4, 0.5) is 5.69 Å². The van der Waals surface area contributed by atoms with Crippen molar-refractivity contribution < 1.29 is 9.59 Å². The molecule has 0 aliphatic heterocycles. The van der Waals surface area contributed by atoms with Gasteiger partial charge in [0.25, 0.3) is 0 Å². The van der Waals surface area contributed by atoms with Gasteiger partial charge in [0.05, 0.1) is 22.3 Å². The SMILES string of the molecule is C[C@@H]1C[C@H]1C(=O)N(C)CC(=O)Nc1c(Cl)cccc1Cl. The number of rotatable bonds is 4. The molecule has 2 amide bonds. The lowest BCUT2D eigenvalue weighted by molar-refractivity contribution is -0.134. The van der Waals surface area contributed by atoms with E-state index in [-0.39, 0.29) is 24.3 Å². The molecule has 1 aromatic carbocycles. The summed E-state index contributed by atoms with van der Waals surface area (Å²) in [6.45, 7) is 2.02. The van der Waals surface area contributed by atoms with Gasteiger partial charge >= 0.3 is 0 Å². The van der Waals surface area contributed by atoms with Gasteiger partial charge in [-0.3, -0.25) is 9.59 Å². The van der Waals surface area contributed by atoms with Gasteiger partial charge in [0.1, 0.15) is 0 Å². The van der Waals surface area contributed by atoms with Gasteiger partial charge in [-0.1, -0.05) is 36.2 Å². The Morgan fingerprint density at radius 3 is 2.40 bits per heavy atom. The summed E-state index contributed by atoms with van der Waals surface area (Å²) in [6.07, 6.45) is 0.904. The lowest BCUT2D eigenvalue weighted by atomic mass is 10.3. The second-order valence-corrected chi connectivity index (χ2v) is 5.97. The molecule has 0 bridgehead atoms. The van der Waals surface area contributed by atoms with Gasteiger partial charge in [0, 0.05) is 13.0 Å². The summed E-state index contributed by atoms with van der Waals surface area (Å²) in [5, 5.41) is 3.38. The molecule has 0 heterocycles. The van der Waals surface area contributed by atoms with Crippen LogP contribution in [0.25, 0.3) is 0 Å². The average molecular weight is 315 g/mol. The van der Waals surface area contributed by atoms with E-state index in [9.17, 15) is 9.59 Å². The smallest absolute Gasteiger partial charge is 0.244 e. The van der Waals surface area contributed by atoms with Crippen molar-refractivity contribution in [3.05, 3.63) is 28.2 Å². The predicted molar refractivity (Wildman–Crippen MR) is 80.0 cm³/mol. The fourth-order valence-corrected chi connectivity index (χ4v) is 2.53. The number of carbonyl (C=O) groups excluding carboxylic acids is 2. The Morgan fingerprint density at radius 2 is 1.90 bits per heavy atom. The van der Waals surface area contributed by atoms with Crippen LogP contribution in [0.5, 0.6) is 0 Å². The van der Waals surface area contributed by atoms with Crippen LogP contribution in [0, 0.1) is 11.8 Å². The van der Waals surface area contributed by atoms with Gasteiger partial charge in [-0.15, -0.1) is 0 Å². The van der Waals surface area contributed by atoms with Crippen LogP contribution in [0.3, 0.4) is 0 Å². The van der Waals surface area contributed by atoms with Crippen molar-refractivity contribution >= 4 is 40.7 Å². The van der Waals surface area contributed by atoms with Gasteiger partial charge in [0.15, 0.2) is 0 Å². The molecule has 0 saturated heterocycles. The number of anilines is 1. The summed E-state index contributed by atoms with van der Waals surface area (Å²) in [7, 11) is 1.63. The predicted octanol–water partition coefficient (Wildman–Crippen LogP) is 3.05. The molecule has 1 aromatic rings. The summed E-state index contributed by atoms with van der Waals surface area (Å²) in [6, 6.07) is 4.98. The zero-order valence-electron chi connectivity index (χ0n) is 11.3. The molecule has 20 heavy (non-hydrogen) atoms. The van der Waals surface area contributed by atoms with Gasteiger partial charge in [-0.25, -0.2) is 0 Å². The van der Waals surface area contributed by atoms with Crippen LogP contribution >= 0.6 is 23.2 Å². The van der Waals surface area contributed by atoms with Gasteiger partial charge in [-0.2, -0.15) is 0 Å².